The lowest BCUT2D eigenvalue weighted by molar-refractivity contribution is -0.119. The molecule has 0 radical (unpaired) electrons. The van der Waals surface area contributed by atoms with Crippen LogP contribution in [0.15, 0.2) is 24.3 Å². The van der Waals surface area contributed by atoms with Crippen LogP contribution in [-0.2, 0) is 9.59 Å². The smallest absolute Gasteiger partial charge is 0.243 e. The van der Waals surface area contributed by atoms with E-state index in [4.69, 9.17) is 10.2 Å². The third kappa shape index (κ3) is 16.6. The van der Waals surface area contributed by atoms with Gasteiger partial charge in [0.25, 0.3) is 0 Å². The Morgan fingerprint density at radius 3 is 1.36 bits per heavy atom. The fourth-order valence-electron chi connectivity index (χ4n) is 4.31. The molecule has 6 heteroatoms. The van der Waals surface area contributed by atoms with Crippen molar-refractivity contribution < 1.29 is 19.8 Å². The zero-order valence-electron chi connectivity index (χ0n) is 20.6. The van der Waals surface area contributed by atoms with Crippen molar-refractivity contribution in [2.75, 3.05) is 13.2 Å². The Morgan fingerprint density at radius 2 is 0.970 bits per heavy atom. The molecule has 6 nitrogen and oxygen atoms in total. The van der Waals surface area contributed by atoms with E-state index in [-0.39, 0.29) is 37.1 Å². The number of aliphatic hydroxyl groups is 2. The highest BCUT2D eigenvalue weighted by Gasteiger charge is 2.28. The second kappa shape index (κ2) is 20.9. The minimum Gasteiger partial charge on any atom is -0.396 e. The summed E-state index contributed by atoms with van der Waals surface area (Å²) in [7, 11) is 0. The maximum Gasteiger partial charge on any atom is 0.243 e. The monoisotopic (exact) mass is 464 g/mol. The second-order valence-electron chi connectivity index (χ2n) is 9.23. The summed E-state index contributed by atoms with van der Waals surface area (Å²) in [5.74, 6) is -0.141. The third-order valence-electron chi connectivity index (χ3n) is 6.27. The van der Waals surface area contributed by atoms with E-state index in [0.29, 0.717) is 0 Å². The van der Waals surface area contributed by atoms with Crippen LogP contribution in [0.5, 0.6) is 0 Å². The van der Waals surface area contributed by atoms with Crippen LogP contribution < -0.4 is 10.6 Å². The van der Waals surface area contributed by atoms with E-state index in [1.807, 2.05) is 12.2 Å². The quantitative estimate of drug-likeness (QED) is 0.155. The Morgan fingerprint density at radius 1 is 0.606 bits per heavy atom. The van der Waals surface area contributed by atoms with Crippen LogP contribution in [0.1, 0.15) is 109 Å². The molecule has 2 amide bonds. The van der Waals surface area contributed by atoms with Gasteiger partial charge in [-0.05, 0) is 69.9 Å². The molecule has 1 aliphatic rings. The molecule has 4 N–H and O–H groups in total. The molecular formula is C27H48N2O4. The molecule has 0 aromatic carbocycles. The molecule has 0 saturated heterocycles. The van der Waals surface area contributed by atoms with Gasteiger partial charge in [0, 0.05) is 25.3 Å². The van der Waals surface area contributed by atoms with Crippen molar-refractivity contribution in [3.8, 4) is 0 Å². The first kappa shape index (κ1) is 29.4. The largest absolute Gasteiger partial charge is 0.396 e. The molecule has 0 unspecified atom stereocenters. The fraction of sp³-hybridized carbons (Fsp3) is 0.778. The van der Waals surface area contributed by atoms with E-state index in [1.54, 1.807) is 12.2 Å². The van der Waals surface area contributed by atoms with Crippen molar-refractivity contribution in [3.05, 3.63) is 24.3 Å². The summed E-state index contributed by atoms with van der Waals surface area (Å²) in [6.07, 6.45) is 25.0. The molecular weight excluding hydrogens is 416 g/mol. The van der Waals surface area contributed by atoms with Crippen molar-refractivity contribution in [1.82, 2.24) is 10.6 Å². The lowest BCUT2D eigenvalue weighted by Gasteiger charge is -2.21. The van der Waals surface area contributed by atoms with Crippen molar-refractivity contribution in [3.63, 3.8) is 0 Å². The van der Waals surface area contributed by atoms with Crippen molar-refractivity contribution in [1.29, 1.82) is 0 Å². The average Bonchev–Trinajstić information content (AvgIpc) is 3.23. The highest BCUT2D eigenvalue weighted by Crippen LogP contribution is 2.19. The Bertz CT molecular complexity index is 514. The van der Waals surface area contributed by atoms with Crippen LogP contribution in [0.25, 0.3) is 0 Å². The number of hydrogen-bond donors (Lipinski definition) is 4. The van der Waals surface area contributed by atoms with E-state index in [0.717, 1.165) is 83.5 Å². The molecule has 1 fully saturated rings. The number of aliphatic hydroxyl groups excluding tert-OH is 2. The molecule has 1 rings (SSSR count). The second-order valence-corrected chi connectivity index (χ2v) is 9.23. The van der Waals surface area contributed by atoms with E-state index in [2.05, 4.69) is 10.6 Å². The van der Waals surface area contributed by atoms with Crippen molar-refractivity contribution in [2.45, 2.75) is 121 Å². The molecule has 33 heavy (non-hydrogen) atoms. The summed E-state index contributed by atoms with van der Waals surface area (Å²) in [6.45, 7) is 0.571. The minimum absolute atomic E-state index is 0.00458. The molecule has 0 heterocycles. The van der Waals surface area contributed by atoms with Crippen LogP contribution in [0.2, 0.25) is 0 Å². The molecule has 0 spiro atoms. The number of hydrogen-bond acceptors (Lipinski definition) is 4. The first-order chi connectivity index (χ1) is 16.2. The molecule has 0 aromatic rings. The summed E-state index contributed by atoms with van der Waals surface area (Å²) in [5, 5.41) is 23.6. The zero-order valence-corrected chi connectivity index (χ0v) is 20.6. The SMILES string of the molecule is O=C(/C=C/CCCCCCCCO)N[C@H]1CCC[C@H]1NC(=O)/C=C/CCCCCCCCO. The van der Waals surface area contributed by atoms with Gasteiger partial charge in [0.05, 0.1) is 0 Å². The first-order valence-corrected chi connectivity index (χ1v) is 13.3. The highest BCUT2D eigenvalue weighted by molar-refractivity contribution is 5.89. The van der Waals surface area contributed by atoms with Crippen LogP contribution in [0.4, 0.5) is 0 Å². The van der Waals surface area contributed by atoms with Gasteiger partial charge in [-0.25, -0.2) is 0 Å². The number of carbonyl (C=O) groups is 2. The van der Waals surface area contributed by atoms with Crippen molar-refractivity contribution in [2.24, 2.45) is 0 Å². The number of carbonyl (C=O) groups excluding carboxylic acids is 2. The number of allylic oxidation sites excluding steroid dienone is 2. The van der Waals surface area contributed by atoms with E-state index < -0.39 is 0 Å². The topological polar surface area (TPSA) is 98.7 Å². The molecule has 1 saturated carbocycles. The number of amides is 2. The average molecular weight is 465 g/mol. The van der Waals surface area contributed by atoms with Gasteiger partial charge < -0.3 is 20.8 Å². The molecule has 2 atom stereocenters. The number of rotatable bonds is 20. The predicted molar refractivity (Wildman–Crippen MR) is 135 cm³/mol. The number of nitrogens with one attached hydrogen (secondary N) is 2. The molecule has 190 valence electrons. The lowest BCUT2D eigenvalue weighted by atomic mass is 10.1. The summed E-state index contributed by atoms with van der Waals surface area (Å²) in [6, 6.07) is 0.00916. The normalized spacial score (nSPS) is 18.4. The van der Waals surface area contributed by atoms with Gasteiger partial charge in [0.2, 0.25) is 11.8 Å². The Balaban J connectivity index is 2.14. The molecule has 0 bridgehead atoms. The summed E-state index contributed by atoms with van der Waals surface area (Å²) < 4.78 is 0. The highest BCUT2D eigenvalue weighted by atomic mass is 16.3. The summed E-state index contributed by atoms with van der Waals surface area (Å²) in [5.41, 5.74) is 0. The van der Waals surface area contributed by atoms with Crippen LogP contribution in [-0.4, -0.2) is 47.3 Å². The Kier molecular flexibility index (Phi) is 18.6. The van der Waals surface area contributed by atoms with E-state index in [9.17, 15) is 9.59 Å². The van der Waals surface area contributed by atoms with E-state index in [1.165, 1.54) is 25.7 Å². The van der Waals surface area contributed by atoms with Gasteiger partial charge in [-0.3, -0.25) is 9.59 Å². The van der Waals surface area contributed by atoms with Gasteiger partial charge in [0.1, 0.15) is 0 Å². The molecule has 1 aliphatic carbocycles. The minimum atomic E-state index is -0.0707. The first-order valence-electron chi connectivity index (χ1n) is 13.3. The van der Waals surface area contributed by atoms with Crippen molar-refractivity contribution >= 4 is 11.8 Å². The summed E-state index contributed by atoms with van der Waals surface area (Å²) in [4.78, 5) is 24.5. The standard InChI is InChI=1S/C27H48N2O4/c30-22-15-11-7-3-1-5-9-13-20-26(32)28-24-18-17-19-25(24)29-27(33)21-14-10-6-2-4-8-12-16-23-31/h13-14,20-21,24-25,30-31H,1-12,15-19,22-23H2,(H,28,32)(H,29,33)/b20-13+,21-14+/t24-,25+. The van der Waals surface area contributed by atoms with Gasteiger partial charge in [-0.2, -0.15) is 0 Å². The van der Waals surface area contributed by atoms with Gasteiger partial charge in [-0.1, -0.05) is 63.5 Å². The number of unbranched alkanes of at least 4 members (excludes halogenated alkanes) is 12. The Hall–Kier alpha value is -1.66. The maximum atomic E-state index is 12.2. The molecule has 0 aromatic heterocycles. The van der Waals surface area contributed by atoms with Gasteiger partial charge in [0.15, 0.2) is 0 Å². The van der Waals surface area contributed by atoms with Crippen LogP contribution >= 0.6 is 0 Å². The van der Waals surface area contributed by atoms with Crippen LogP contribution in [0.3, 0.4) is 0 Å². The third-order valence-corrected chi connectivity index (χ3v) is 6.27. The zero-order chi connectivity index (χ0) is 24.0. The lowest BCUT2D eigenvalue weighted by Crippen LogP contribution is -2.47. The Labute approximate surface area is 201 Å². The summed E-state index contributed by atoms with van der Waals surface area (Å²) >= 11 is 0. The van der Waals surface area contributed by atoms with Gasteiger partial charge >= 0.3 is 0 Å². The molecule has 0 aliphatic heterocycles. The predicted octanol–water partition coefficient (Wildman–Crippen LogP) is 4.70. The van der Waals surface area contributed by atoms with Gasteiger partial charge in [-0.15, -0.1) is 0 Å². The van der Waals surface area contributed by atoms with Crippen LogP contribution in [0, 0.1) is 0 Å². The maximum absolute atomic E-state index is 12.2. The van der Waals surface area contributed by atoms with E-state index >= 15 is 0 Å². The fourth-order valence-corrected chi connectivity index (χ4v) is 4.31.